The first-order valence-electron chi connectivity index (χ1n) is 5.21. The van der Waals surface area contributed by atoms with E-state index in [0.29, 0.717) is 6.42 Å². The van der Waals surface area contributed by atoms with E-state index in [1.165, 1.54) is 0 Å². The molecule has 0 saturated carbocycles. The van der Waals surface area contributed by atoms with Crippen LogP contribution in [0.4, 0.5) is 13.2 Å². The maximum absolute atomic E-state index is 11.9. The first-order valence-corrected chi connectivity index (χ1v) is 5.21. The zero-order valence-corrected chi connectivity index (χ0v) is 9.53. The van der Waals surface area contributed by atoms with Crippen LogP contribution in [0.5, 0.6) is 0 Å². The number of likely N-dealkylation sites (N-methyl/N-ethyl adjacent to an activating group) is 1. The molecule has 0 spiro atoms. The van der Waals surface area contributed by atoms with E-state index >= 15 is 0 Å². The molecule has 15 heavy (non-hydrogen) atoms. The summed E-state index contributed by atoms with van der Waals surface area (Å²) >= 11 is 0. The predicted octanol–water partition coefficient (Wildman–Crippen LogP) is 2.73. The Kier molecular flexibility index (Phi) is 6.92. The van der Waals surface area contributed by atoms with Crippen molar-refractivity contribution in [1.29, 1.82) is 0 Å². The fourth-order valence-corrected chi connectivity index (χ4v) is 1.65. The lowest BCUT2D eigenvalue weighted by atomic mass is 10.0. The molecule has 92 valence electrons. The topological polar surface area (TPSA) is 21.3 Å². The summed E-state index contributed by atoms with van der Waals surface area (Å²) < 4.78 is 41.0. The van der Waals surface area contributed by atoms with Crippen molar-refractivity contribution < 1.29 is 17.9 Å². The molecule has 2 atom stereocenters. The van der Waals surface area contributed by atoms with E-state index in [2.05, 4.69) is 5.32 Å². The van der Waals surface area contributed by atoms with Crippen LogP contribution in [0.1, 0.15) is 32.6 Å². The van der Waals surface area contributed by atoms with Gasteiger partial charge in [0.05, 0.1) is 6.10 Å². The molecular formula is C10H20F3NO. The van der Waals surface area contributed by atoms with Gasteiger partial charge in [0.1, 0.15) is 0 Å². The second-order valence-corrected chi connectivity index (χ2v) is 3.58. The Morgan fingerprint density at radius 1 is 1.33 bits per heavy atom. The molecule has 0 heterocycles. The van der Waals surface area contributed by atoms with Gasteiger partial charge >= 0.3 is 6.18 Å². The van der Waals surface area contributed by atoms with Gasteiger partial charge in [-0.15, -0.1) is 0 Å². The Morgan fingerprint density at radius 2 is 1.93 bits per heavy atom. The standard InChI is InChI=1S/C10H20F3NO/c1-4-9(15-3)8(14-2)6-5-7-10(11,12)13/h8-9,14H,4-7H2,1-3H3. The number of rotatable bonds is 7. The molecule has 0 radical (unpaired) electrons. The third kappa shape index (κ3) is 6.73. The molecule has 0 rings (SSSR count). The Hall–Kier alpha value is -0.290. The maximum Gasteiger partial charge on any atom is 0.389 e. The molecule has 0 saturated heterocycles. The number of alkyl halides is 3. The highest BCUT2D eigenvalue weighted by Crippen LogP contribution is 2.23. The molecule has 2 unspecified atom stereocenters. The van der Waals surface area contributed by atoms with Gasteiger partial charge in [0.2, 0.25) is 0 Å². The summed E-state index contributed by atoms with van der Waals surface area (Å²) in [4.78, 5) is 0. The number of halogens is 3. The van der Waals surface area contributed by atoms with Crippen LogP contribution in [0, 0.1) is 0 Å². The quantitative estimate of drug-likeness (QED) is 0.722. The smallest absolute Gasteiger partial charge is 0.380 e. The molecule has 0 aromatic rings. The summed E-state index contributed by atoms with van der Waals surface area (Å²) in [6.45, 7) is 1.96. The first kappa shape index (κ1) is 14.7. The minimum Gasteiger partial charge on any atom is -0.380 e. The zero-order chi connectivity index (χ0) is 11.9. The Labute approximate surface area is 89.2 Å². The average Bonchev–Trinajstić information content (AvgIpc) is 2.15. The third-order valence-corrected chi connectivity index (χ3v) is 2.50. The van der Waals surface area contributed by atoms with Crippen LogP contribution in [0.3, 0.4) is 0 Å². The van der Waals surface area contributed by atoms with Crippen LogP contribution in [-0.2, 0) is 4.74 Å². The fourth-order valence-electron chi connectivity index (χ4n) is 1.65. The monoisotopic (exact) mass is 227 g/mol. The minimum absolute atomic E-state index is 0.00218. The molecule has 2 nitrogen and oxygen atoms in total. The lowest BCUT2D eigenvalue weighted by Crippen LogP contribution is -2.38. The number of ether oxygens (including phenoxy) is 1. The lowest BCUT2D eigenvalue weighted by Gasteiger charge is -2.24. The molecule has 0 amide bonds. The summed E-state index contributed by atoms with van der Waals surface area (Å²) in [6.07, 6.45) is -3.34. The van der Waals surface area contributed by atoms with Gasteiger partial charge in [0, 0.05) is 19.6 Å². The van der Waals surface area contributed by atoms with Crippen LogP contribution in [0.2, 0.25) is 0 Å². The Morgan fingerprint density at radius 3 is 2.27 bits per heavy atom. The molecule has 0 bridgehead atoms. The van der Waals surface area contributed by atoms with E-state index < -0.39 is 12.6 Å². The van der Waals surface area contributed by atoms with Gasteiger partial charge in [0.25, 0.3) is 0 Å². The van der Waals surface area contributed by atoms with Crippen molar-refractivity contribution in [2.45, 2.75) is 50.9 Å². The highest BCUT2D eigenvalue weighted by atomic mass is 19.4. The highest BCUT2D eigenvalue weighted by Gasteiger charge is 2.27. The predicted molar refractivity (Wildman–Crippen MR) is 53.8 cm³/mol. The van der Waals surface area contributed by atoms with Gasteiger partial charge in [-0.2, -0.15) is 13.2 Å². The summed E-state index contributed by atoms with van der Waals surface area (Å²) in [7, 11) is 3.34. The van der Waals surface area contributed by atoms with E-state index in [-0.39, 0.29) is 18.6 Å². The van der Waals surface area contributed by atoms with E-state index in [9.17, 15) is 13.2 Å². The second-order valence-electron chi connectivity index (χ2n) is 3.58. The van der Waals surface area contributed by atoms with E-state index in [1.54, 1.807) is 14.2 Å². The highest BCUT2D eigenvalue weighted by molar-refractivity contribution is 4.74. The maximum atomic E-state index is 11.9. The SMILES string of the molecule is CCC(OC)C(CCCC(F)(F)F)NC. The molecular weight excluding hydrogens is 207 g/mol. The van der Waals surface area contributed by atoms with Crippen LogP contribution < -0.4 is 5.32 Å². The van der Waals surface area contributed by atoms with Crippen molar-refractivity contribution in [2.24, 2.45) is 0 Å². The van der Waals surface area contributed by atoms with Crippen LogP contribution in [0.15, 0.2) is 0 Å². The molecule has 0 aliphatic heterocycles. The molecule has 0 aliphatic rings. The number of nitrogens with one attached hydrogen (secondary N) is 1. The summed E-state index contributed by atoms with van der Waals surface area (Å²) in [6, 6.07) is 0.00218. The largest absolute Gasteiger partial charge is 0.389 e. The second kappa shape index (κ2) is 7.06. The Balaban J connectivity index is 3.89. The molecule has 1 N–H and O–H groups in total. The number of hydrogen-bond acceptors (Lipinski definition) is 2. The van der Waals surface area contributed by atoms with Gasteiger partial charge in [-0.25, -0.2) is 0 Å². The van der Waals surface area contributed by atoms with E-state index in [1.807, 2.05) is 6.92 Å². The summed E-state index contributed by atoms with van der Waals surface area (Å²) in [5, 5.41) is 3.00. The van der Waals surface area contributed by atoms with Crippen molar-refractivity contribution in [3.63, 3.8) is 0 Å². The van der Waals surface area contributed by atoms with Gasteiger partial charge in [-0.3, -0.25) is 0 Å². The van der Waals surface area contributed by atoms with Gasteiger partial charge in [0.15, 0.2) is 0 Å². The van der Waals surface area contributed by atoms with Crippen molar-refractivity contribution in [1.82, 2.24) is 5.32 Å². The van der Waals surface area contributed by atoms with Crippen molar-refractivity contribution in [3.05, 3.63) is 0 Å². The van der Waals surface area contributed by atoms with Gasteiger partial charge in [-0.1, -0.05) is 6.92 Å². The average molecular weight is 227 g/mol. The third-order valence-electron chi connectivity index (χ3n) is 2.50. The summed E-state index contributed by atoms with van der Waals surface area (Å²) in [5.74, 6) is 0. The molecule has 0 aliphatic carbocycles. The number of methoxy groups -OCH3 is 1. The van der Waals surface area contributed by atoms with Crippen molar-refractivity contribution >= 4 is 0 Å². The van der Waals surface area contributed by atoms with Crippen LogP contribution >= 0.6 is 0 Å². The first-order chi connectivity index (χ1) is 6.94. The lowest BCUT2D eigenvalue weighted by molar-refractivity contribution is -0.136. The van der Waals surface area contributed by atoms with E-state index in [0.717, 1.165) is 6.42 Å². The zero-order valence-electron chi connectivity index (χ0n) is 9.53. The normalized spacial score (nSPS) is 16.4. The molecule has 0 fully saturated rings. The Bertz CT molecular complexity index is 157. The van der Waals surface area contributed by atoms with Gasteiger partial charge < -0.3 is 10.1 Å². The number of hydrogen-bond donors (Lipinski definition) is 1. The van der Waals surface area contributed by atoms with Crippen LogP contribution in [0.25, 0.3) is 0 Å². The van der Waals surface area contributed by atoms with Gasteiger partial charge in [-0.05, 0) is 26.3 Å². The molecule has 0 aromatic carbocycles. The summed E-state index contributed by atoms with van der Waals surface area (Å²) in [5.41, 5.74) is 0. The van der Waals surface area contributed by atoms with Crippen molar-refractivity contribution in [3.8, 4) is 0 Å². The fraction of sp³-hybridized carbons (Fsp3) is 1.00. The van der Waals surface area contributed by atoms with Crippen LogP contribution in [-0.4, -0.2) is 32.5 Å². The van der Waals surface area contributed by atoms with E-state index in [4.69, 9.17) is 4.74 Å². The van der Waals surface area contributed by atoms with Crippen molar-refractivity contribution in [2.75, 3.05) is 14.2 Å². The molecule has 5 heteroatoms. The molecule has 0 aromatic heterocycles. The minimum atomic E-state index is -4.05.